The molecule has 1 aliphatic heterocycles. The molecular formula is C16H20Cl2N2O3. The molecule has 126 valence electrons. The van der Waals surface area contributed by atoms with Gasteiger partial charge in [-0.3, -0.25) is 9.59 Å². The van der Waals surface area contributed by atoms with Crippen LogP contribution in [0.4, 0.5) is 0 Å². The predicted molar refractivity (Wildman–Crippen MR) is 90.0 cm³/mol. The Balaban J connectivity index is 2.03. The molecule has 2 amide bonds. The fourth-order valence-corrected chi connectivity index (χ4v) is 3.43. The Hall–Kier alpha value is -1.46. The van der Waals surface area contributed by atoms with Crippen molar-refractivity contribution in [2.75, 3.05) is 13.1 Å². The van der Waals surface area contributed by atoms with E-state index in [-0.39, 0.29) is 35.9 Å². The number of phenolic OH excluding ortho intramolecular Hbond substituents is 1. The number of hydrogen-bond donors (Lipinski definition) is 2. The molecule has 0 radical (unpaired) electrons. The Labute approximate surface area is 145 Å². The molecule has 5 nitrogen and oxygen atoms in total. The molecule has 0 saturated carbocycles. The van der Waals surface area contributed by atoms with E-state index in [9.17, 15) is 14.7 Å². The van der Waals surface area contributed by atoms with Crippen molar-refractivity contribution in [1.29, 1.82) is 0 Å². The van der Waals surface area contributed by atoms with Crippen LogP contribution in [0, 0.1) is 0 Å². The standard InChI is InChI=1S/C16H20Cl2N2O3/c1-9(19-10(2)21)7-14(23)20-6-5-11(8-20)15-13(22)4-3-12(17)16(15)18/h3-4,9,11,22H,5-8H2,1-2H3,(H,19,21)/t9?,11-/m0/s1. The monoisotopic (exact) mass is 358 g/mol. The Kier molecular flexibility index (Phi) is 5.76. The van der Waals surface area contributed by atoms with Gasteiger partial charge in [0.05, 0.1) is 10.0 Å². The molecule has 1 aliphatic rings. The lowest BCUT2D eigenvalue weighted by molar-refractivity contribution is -0.130. The molecule has 1 aromatic carbocycles. The van der Waals surface area contributed by atoms with Gasteiger partial charge in [0.15, 0.2) is 0 Å². The van der Waals surface area contributed by atoms with E-state index in [1.807, 2.05) is 0 Å². The van der Waals surface area contributed by atoms with Crippen LogP contribution >= 0.6 is 23.2 Å². The third-order valence-electron chi connectivity index (χ3n) is 3.99. The summed E-state index contributed by atoms with van der Waals surface area (Å²) in [6.07, 6.45) is 0.968. The van der Waals surface area contributed by atoms with E-state index in [0.717, 1.165) is 0 Å². The number of aromatic hydroxyl groups is 1. The highest BCUT2D eigenvalue weighted by Crippen LogP contribution is 2.41. The molecule has 0 aliphatic carbocycles. The zero-order valence-corrected chi connectivity index (χ0v) is 14.6. The molecule has 2 N–H and O–H groups in total. The van der Waals surface area contributed by atoms with Gasteiger partial charge in [0, 0.05) is 44.0 Å². The van der Waals surface area contributed by atoms with Gasteiger partial charge in [-0.25, -0.2) is 0 Å². The Morgan fingerprint density at radius 2 is 2.13 bits per heavy atom. The van der Waals surface area contributed by atoms with E-state index in [1.165, 1.54) is 13.0 Å². The maximum absolute atomic E-state index is 12.3. The zero-order valence-electron chi connectivity index (χ0n) is 13.1. The summed E-state index contributed by atoms with van der Waals surface area (Å²) in [6, 6.07) is 2.87. The third-order valence-corrected chi connectivity index (χ3v) is 4.81. The van der Waals surface area contributed by atoms with Crippen molar-refractivity contribution in [2.45, 2.75) is 38.6 Å². The Morgan fingerprint density at radius 1 is 1.43 bits per heavy atom. The highest BCUT2D eigenvalue weighted by molar-refractivity contribution is 6.42. The average molecular weight is 359 g/mol. The largest absolute Gasteiger partial charge is 0.508 e. The van der Waals surface area contributed by atoms with Gasteiger partial charge in [-0.05, 0) is 25.5 Å². The van der Waals surface area contributed by atoms with Crippen LogP contribution < -0.4 is 5.32 Å². The number of carbonyl (C=O) groups excluding carboxylic acids is 2. The number of hydrogen-bond acceptors (Lipinski definition) is 3. The van der Waals surface area contributed by atoms with E-state index in [0.29, 0.717) is 35.1 Å². The first-order valence-electron chi connectivity index (χ1n) is 7.51. The third kappa shape index (κ3) is 4.30. The summed E-state index contributed by atoms with van der Waals surface area (Å²) in [6.45, 7) is 4.31. The van der Waals surface area contributed by atoms with Gasteiger partial charge in [-0.1, -0.05) is 23.2 Å². The number of phenols is 1. The number of nitrogens with zero attached hydrogens (tertiary/aromatic N) is 1. The number of amides is 2. The second-order valence-electron chi connectivity index (χ2n) is 5.93. The van der Waals surface area contributed by atoms with Crippen LogP contribution in [-0.4, -0.2) is 41.0 Å². The number of benzene rings is 1. The van der Waals surface area contributed by atoms with Crippen LogP contribution in [0.1, 0.15) is 38.2 Å². The van der Waals surface area contributed by atoms with Crippen LogP contribution in [-0.2, 0) is 9.59 Å². The maximum Gasteiger partial charge on any atom is 0.224 e. The minimum absolute atomic E-state index is 0.0219. The van der Waals surface area contributed by atoms with Gasteiger partial charge in [0.25, 0.3) is 0 Å². The highest BCUT2D eigenvalue weighted by atomic mass is 35.5. The van der Waals surface area contributed by atoms with Gasteiger partial charge >= 0.3 is 0 Å². The van der Waals surface area contributed by atoms with E-state index in [1.54, 1.807) is 17.9 Å². The van der Waals surface area contributed by atoms with Crippen molar-refractivity contribution in [3.05, 3.63) is 27.7 Å². The van der Waals surface area contributed by atoms with Crippen molar-refractivity contribution in [1.82, 2.24) is 10.2 Å². The molecule has 1 fully saturated rings. The van der Waals surface area contributed by atoms with Gasteiger partial charge < -0.3 is 15.3 Å². The van der Waals surface area contributed by atoms with Gasteiger partial charge in [-0.2, -0.15) is 0 Å². The van der Waals surface area contributed by atoms with Crippen molar-refractivity contribution in [3.8, 4) is 5.75 Å². The smallest absolute Gasteiger partial charge is 0.224 e. The van der Waals surface area contributed by atoms with Crippen LogP contribution in [0.15, 0.2) is 12.1 Å². The predicted octanol–water partition coefficient (Wildman–Crippen LogP) is 2.93. The summed E-state index contributed by atoms with van der Waals surface area (Å²) >= 11 is 12.2. The quantitative estimate of drug-likeness (QED) is 0.869. The van der Waals surface area contributed by atoms with Gasteiger partial charge in [0.2, 0.25) is 11.8 Å². The molecule has 2 rings (SSSR count). The first-order valence-corrected chi connectivity index (χ1v) is 8.27. The Bertz CT molecular complexity index is 622. The van der Waals surface area contributed by atoms with Crippen molar-refractivity contribution >= 4 is 35.0 Å². The van der Waals surface area contributed by atoms with E-state index >= 15 is 0 Å². The fraction of sp³-hybridized carbons (Fsp3) is 0.500. The van der Waals surface area contributed by atoms with Gasteiger partial charge in [0.1, 0.15) is 5.75 Å². The maximum atomic E-state index is 12.3. The van der Waals surface area contributed by atoms with Crippen molar-refractivity contribution < 1.29 is 14.7 Å². The molecule has 0 aromatic heterocycles. The van der Waals surface area contributed by atoms with Crippen molar-refractivity contribution in [2.24, 2.45) is 0 Å². The molecule has 1 saturated heterocycles. The molecule has 2 atom stereocenters. The zero-order chi connectivity index (χ0) is 17.1. The number of nitrogens with one attached hydrogen (secondary N) is 1. The molecule has 1 heterocycles. The molecule has 0 spiro atoms. The van der Waals surface area contributed by atoms with Crippen LogP contribution in [0.5, 0.6) is 5.75 Å². The van der Waals surface area contributed by atoms with Gasteiger partial charge in [-0.15, -0.1) is 0 Å². The lowest BCUT2D eigenvalue weighted by Gasteiger charge is -2.20. The average Bonchev–Trinajstić information content (AvgIpc) is 2.92. The molecular weight excluding hydrogens is 339 g/mol. The summed E-state index contributed by atoms with van der Waals surface area (Å²) in [5.41, 5.74) is 0.601. The summed E-state index contributed by atoms with van der Waals surface area (Å²) in [4.78, 5) is 25.0. The minimum atomic E-state index is -0.206. The number of rotatable bonds is 4. The lowest BCUT2D eigenvalue weighted by atomic mass is 9.97. The molecule has 1 aromatic rings. The molecule has 1 unspecified atom stereocenters. The Morgan fingerprint density at radius 3 is 2.78 bits per heavy atom. The van der Waals surface area contributed by atoms with Crippen molar-refractivity contribution in [3.63, 3.8) is 0 Å². The van der Waals surface area contributed by atoms with E-state index in [2.05, 4.69) is 5.32 Å². The molecule has 7 heteroatoms. The number of halogens is 2. The summed E-state index contributed by atoms with van der Waals surface area (Å²) in [5.74, 6) is -0.113. The molecule has 23 heavy (non-hydrogen) atoms. The fourth-order valence-electron chi connectivity index (χ4n) is 2.96. The lowest BCUT2D eigenvalue weighted by Crippen LogP contribution is -2.37. The second-order valence-corrected chi connectivity index (χ2v) is 6.71. The van der Waals surface area contributed by atoms with Crippen LogP contribution in [0.3, 0.4) is 0 Å². The summed E-state index contributed by atoms with van der Waals surface area (Å²) in [5, 5.41) is 13.5. The second kappa shape index (κ2) is 7.41. The van der Waals surface area contributed by atoms with E-state index in [4.69, 9.17) is 23.2 Å². The number of likely N-dealkylation sites (tertiary alicyclic amines) is 1. The SMILES string of the molecule is CC(=O)NC(C)CC(=O)N1CC[C@H](c2c(O)ccc(Cl)c2Cl)C1. The van der Waals surface area contributed by atoms with Crippen LogP contribution in [0.25, 0.3) is 0 Å². The summed E-state index contributed by atoms with van der Waals surface area (Å²) < 4.78 is 0. The van der Waals surface area contributed by atoms with Crippen LogP contribution in [0.2, 0.25) is 10.0 Å². The first-order chi connectivity index (χ1) is 10.8. The topological polar surface area (TPSA) is 69.6 Å². The van der Waals surface area contributed by atoms with E-state index < -0.39 is 0 Å². The molecule has 0 bridgehead atoms. The normalized spacial score (nSPS) is 18.8. The highest BCUT2D eigenvalue weighted by Gasteiger charge is 2.31. The first kappa shape index (κ1) is 17.9. The summed E-state index contributed by atoms with van der Waals surface area (Å²) in [7, 11) is 0. The number of carbonyl (C=O) groups is 2. The minimum Gasteiger partial charge on any atom is -0.508 e.